The number of hydrogen-bond donors (Lipinski definition) is 3. The Morgan fingerprint density at radius 3 is 1.80 bits per heavy atom. The molecule has 0 spiro atoms. The molecular weight excluding hydrogens is 474 g/mol. The van der Waals surface area contributed by atoms with Crippen LogP contribution in [0.1, 0.15) is 11.1 Å². The van der Waals surface area contributed by atoms with E-state index in [1.54, 1.807) is 43.9 Å². The van der Waals surface area contributed by atoms with Gasteiger partial charge in [-0.05, 0) is 17.7 Å². The summed E-state index contributed by atoms with van der Waals surface area (Å²) in [5, 5.41) is 30.6. The third-order valence-electron chi connectivity index (χ3n) is 5.79. The molecule has 0 saturated heterocycles. The molecule has 35 heavy (non-hydrogen) atoms. The van der Waals surface area contributed by atoms with Crippen molar-refractivity contribution in [1.29, 1.82) is 0 Å². The van der Waals surface area contributed by atoms with E-state index in [1.807, 2.05) is 12.1 Å². The summed E-state index contributed by atoms with van der Waals surface area (Å²) in [5.41, 5.74) is 2.14. The number of quaternary nitrogens is 1. The number of rotatable bonds is 15. The zero-order chi connectivity index (χ0) is 25.8. The number of benzene rings is 2. The minimum absolute atomic E-state index is 0.131. The molecule has 0 aromatic heterocycles. The van der Waals surface area contributed by atoms with Crippen LogP contribution in [0.3, 0.4) is 0 Å². The second-order valence-electron chi connectivity index (χ2n) is 7.77. The summed E-state index contributed by atoms with van der Waals surface area (Å²) in [4.78, 5) is 0. The highest BCUT2D eigenvalue weighted by atomic mass is 32.2. The summed E-state index contributed by atoms with van der Waals surface area (Å²) < 4.78 is 34.8. The predicted octanol–water partition coefficient (Wildman–Crippen LogP) is 1.92. The van der Waals surface area contributed by atoms with Crippen LogP contribution in [-0.2, 0) is 16.6 Å². The van der Waals surface area contributed by atoms with E-state index in [0.717, 1.165) is 5.56 Å². The van der Waals surface area contributed by atoms with Crippen molar-refractivity contribution in [2.24, 2.45) is 0 Å². The van der Waals surface area contributed by atoms with Crippen LogP contribution in [0.4, 0.5) is 5.69 Å². The van der Waals surface area contributed by atoms with Gasteiger partial charge in [-0.3, -0.25) is 8.69 Å². The number of methoxy groups -OCH3 is 4. The first-order chi connectivity index (χ1) is 16.9. The van der Waals surface area contributed by atoms with Crippen LogP contribution in [-0.4, -0.2) is 87.4 Å². The first-order valence-corrected chi connectivity index (χ1v) is 12.5. The van der Waals surface area contributed by atoms with Gasteiger partial charge in [0.2, 0.25) is 0 Å². The molecule has 0 bridgehead atoms. The highest BCUT2D eigenvalue weighted by molar-refractivity contribution is 7.87. The Hall–Kier alpha value is -2.63. The number of hydrogen-bond acceptors (Lipinski definition) is 8. The molecule has 194 valence electrons. The van der Waals surface area contributed by atoms with Gasteiger partial charge in [0.15, 0.2) is 11.4 Å². The van der Waals surface area contributed by atoms with E-state index < -0.39 is 10.8 Å². The number of nitrogens with zero attached hydrogens (tertiary/aromatic N) is 1. The van der Waals surface area contributed by atoms with E-state index >= 15 is 0 Å². The summed E-state index contributed by atoms with van der Waals surface area (Å²) in [7, 11) is 4.80. The third kappa shape index (κ3) is 7.18. The van der Waals surface area contributed by atoms with Crippen LogP contribution >= 0.6 is 0 Å². The van der Waals surface area contributed by atoms with Crippen molar-refractivity contribution in [2.75, 3.05) is 67.9 Å². The molecule has 0 amide bonds. The van der Waals surface area contributed by atoms with E-state index in [1.165, 1.54) is 14.2 Å². The molecule has 1 unspecified atom stereocenters. The van der Waals surface area contributed by atoms with Crippen LogP contribution in [0, 0.1) is 0 Å². The lowest BCUT2D eigenvalue weighted by atomic mass is 10.1. The molecule has 2 rings (SSSR count). The molecule has 3 N–H and O–H groups in total. The lowest BCUT2D eigenvalue weighted by molar-refractivity contribution is 0.136. The highest BCUT2D eigenvalue weighted by Crippen LogP contribution is 2.36. The fraction of sp³-hybridized carbons (Fsp3) is 0.440. The van der Waals surface area contributed by atoms with Gasteiger partial charge in [-0.25, -0.2) is 0 Å². The summed E-state index contributed by atoms with van der Waals surface area (Å²) in [6, 6.07) is 8.91. The summed E-state index contributed by atoms with van der Waals surface area (Å²) in [6.45, 7) is 0.484. The minimum atomic E-state index is -1.37. The first-order valence-electron chi connectivity index (χ1n) is 11.1. The zero-order valence-corrected chi connectivity index (χ0v) is 21.5. The molecule has 0 radical (unpaired) electrons. The molecule has 2 aromatic carbocycles. The Kier molecular flexibility index (Phi) is 11.5. The summed E-state index contributed by atoms with van der Waals surface area (Å²) in [5.74, 6) is 2.43. The predicted molar refractivity (Wildman–Crippen MR) is 138 cm³/mol. The van der Waals surface area contributed by atoms with Gasteiger partial charge in [0.05, 0.1) is 70.4 Å². The largest absolute Gasteiger partial charge is 0.496 e. The van der Waals surface area contributed by atoms with Gasteiger partial charge < -0.3 is 34.3 Å². The zero-order valence-electron chi connectivity index (χ0n) is 20.7. The third-order valence-corrected chi connectivity index (χ3v) is 6.84. The lowest BCUT2D eigenvalue weighted by Crippen LogP contribution is -2.54. The van der Waals surface area contributed by atoms with Gasteiger partial charge in [0, 0.05) is 23.6 Å². The second kappa shape index (κ2) is 14.1. The Balaban J connectivity index is 2.38. The van der Waals surface area contributed by atoms with Crippen LogP contribution in [0.25, 0.3) is 6.08 Å². The lowest BCUT2D eigenvalue weighted by Gasteiger charge is -2.37. The Morgan fingerprint density at radius 1 is 0.800 bits per heavy atom. The molecule has 9 nitrogen and oxygen atoms in total. The molecule has 2 aromatic rings. The Bertz CT molecular complexity index is 969. The fourth-order valence-electron chi connectivity index (χ4n) is 4.02. The topological polar surface area (TPSA) is 115 Å². The van der Waals surface area contributed by atoms with Crippen LogP contribution < -0.4 is 23.4 Å². The second-order valence-corrected chi connectivity index (χ2v) is 9.09. The van der Waals surface area contributed by atoms with Crippen molar-refractivity contribution in [3.8, 4) is 23.0 Å². The normalized spacial score (nSPS) is 12.5. The first kappa shape index (κ1) is 28.6. The molecule has 0 aliphatic carbocycles. The standard InChI is InChI=1S/C25H36NO8S/c1-31-20-16-24(33-3)21(25(17-20)34-4)7-14-35(30)18-19-5-6-23(32-2)22(15-19)26(8-11-27,9-12-28)10-13-29/h5-7,14-17,27-29H,8-13,18H2,1-4H3/q+1/b14-7+. The van der Waals surface area contributed by atoms with E-state index in [4.69, 9.17) is 18.9 Å². The maximum atomic E-state index is 13.0. The van der Waals surface area contributed by atoms with Crippen molar-refractivity contribution < 1.29 is 38.5 Å². The van der Waals surface area contributed by atoms with Crippen molar-refractivity contribution in [1.82, 2.24) is 4.48 Å². The van der Waals surface area contributed by atoms with E-state index in [2.05, 4.69) is 0 Å². The smallest absolute Gasteiger partial charge is 0.179 e. The Morgan fingerprint density at radius 2 is 1.34 bits per heavy atom. The quantitative estimate of drug-likeness (QED) is 0.312. The van der Waals surface area contributed by atoms with E-state index in [-0.39, 0.29) is 30.1 Å². The molecule has 0 heterocycles. The van der Waals surface area contributed by atoms with E-state index in [0.29, 0.717) is 53.9 Å². The maximum Gasteiger partial charge on any atom is 0.179 e. The van der Waals surface area contributed by atoms with Gasteiger partial charge in [0.1, 0.15) is 36.9 Å². The molecular formula is C25H36NO8S+. The summed E-state index contributed by atoms with van der Waals surface area (Å²) >= 11 is 0. The molecule has 10 heteroatoms. The van der Waals surface area contributed by atoms with Crippen molar-refractivity contribution in [3.63, 3.8) is 0 Å². The molecule has 0 aliphatic rings. The van der Waals surface area contributed by atoms with Crippen molar-refractivity contribution >= 4 is 22.6 Å². The van der Waals surface area contributed by atoms with E-state index in [9.17, 15) is 19.5 Å². The highest BCUT2D eigenvalue weighted by Gasteiger charge is 2.33. The van der Waals surface area contributed by atoms with Crippen molar-refractivity contribution in [2.45, 2.75) is 5.75 Å². The van der Waals surface area contributed by atoms with Gasteiger partial charge in [0.25, 0.3) is 0 Å². The monoisotopic (exact) mass is 510 g/mol. The van der Waals surface area contributed by atoms with Gasteiger partial charge in [-0.15, -0.1) is 0 Å². The number of aliphatic hydroxyl groups excluding tert-OH is 3. The average Bonchev–Trinajstić information content (AvgIpc) is 2.87. The SMILES string of the molecule is COc1cc(OC)c(/C=C/S(=O)Cc2ccc(OC)c([N+](CCO)(CCO)CCO)c2)c(OC)c1. The minimum Gasteiger partial charge on any atom is -0.496 e. The molecule has 0 aliphatic heterocycles. The average molecular weight is 511 g/mol. The summed E-state index contributed by atoms with van der Waals surface area (Å²) in [6.07, 6.45) is 1.70. The number of aliphatic hydroxyl groups is 3. The molecule has 0 saturated carbocycles. The van der Waals surface area contributed by atoms with Gasteiger partial charge >= 0.3 is 0 Å². The Labute approximate surface area is 209 Å². The van der Waals surface area contributed by atoms with Crippen LogP contribution in [0.2, 0.25) is 0 Å². The molecule has 1 atom stereocenters. The fourth-order valence-corrected chi connectivity index (χ4v) is 4.91. The van der Waals surface area contributed by atoms with Crippen LogP contribution in [0.15, 0.2) is 35.7 Å². The van der Waals surface area contributed by atoms with Gasteiger partial charge in [-0.2, -0.15) is 0 Å². The van der Waals surface area contributed by atoms with Crippen LogP contribution in [0.5, 0.6) is 23.0 Å². The molecule has 0 fully saturated rings. The number of ether oxygens (including phenoxy) is 4. The maximum absolute atomic E-state index is 13.0. The van der Waals surface area contributed by atoms with Gasteiger partial charge in [-0.1, -0.05) is 6.07 Å². The van der Waals surface area contributed by atoms with Crippen molar-refractivity contribution in [3.05, 3.63) is 46.9 Å².